The van der Waals surface area contributed by atoms with E-state index < -0.39 is 14.9 Å². The third-order valence-corrected chi connectivity index (χ3v) is 4.08. The van der Waals surface area contributed by atoms with Gasteiger partial charge in [-0.25, -0.2) is 13.1 Å². The third-order valence-electron chi connectivity index (χ3n) is 2.72. The van der Waals surface area contributed by atoms with Gasteiger partial charge in [-0.1, -0.05) is 6.92 Å². The van der Waals surface area contributed by atoms with Crippen molar-refractivity contribution in [3.05, 3.63) is 28.3 Å². The summed E-state index contributed by atoms with van der Waals surface area (Å²) in [4.78, 5) is 10.4. The number of hydrogen-bond acceptors (Lipinski definition) is 6. The fourth-order valence-electron chi connectivity index (χ4n) is 1.62. The molecule has 0 radical (unpaired) electrons. The summed E-state index contributed by atoms with van der Waals surface area (Å²) in [5.74, 6) is -0.107. The molecule has 0 saturated heterocycles. The molecule has 8 nitrogen and oxygen atoms in total. The number of nitrogens with zero attached hydrogens (tertiary/aromatic N) is 1. The van der Waals surface area contributed by atoms with Gasteiger partial charge in [0.05, 0.1) is 10.7 Å². The van der Waals surface area contributed by atoms with Crippen molar-refractivity contribution in [1.82, 2.24) is 4.72 Å². The zero-order valence-corrected chi connectivity index (χ0v) is 12.9. The van der Waals surface area contributed by atoms with Crippen molar-refractivity contribution >= 4 is 27.1 Å². The number of non-ortho nitro benzene ring substituents is 1. The minimum Gasteiger partial charge on any atom is -0.385 e. The zero-order valence-electron chi connectivity index (χ0n) is 12.0. The Kier molecular flexibility index (Phi) is 6.38. The minimum absolute atomic E-state index is 0.0462. The van der Waals surface area contributed by atoms with Gasteiger partial charge in [0.1, 0.15) is 0 Å². The number of nitro benzene ring substituents is 1. The lowest BCUT2D eigenvalue weighted by atomic mass is 10.2. The van der Waals surface area contributed by atoms with Gasteiger partial charge in [-0.15, -0.1) is 0 Å². The van der Waals surface area contributed by atoms with Crippen LogP contribution in [0.5, 0.6) is 0 Å². The standard InChI is InChI=1S/C12H20N4O4S/c1-3-4-14-10-7-11(9-12(8-10)16(17)18)15-5-6-21(19,20)13-2/h7-9,13-15H,3-6H2,1-2H3. The maximum Gasteiger partial charge on any atom is 0.273 e. The molecule has 9 heteroatoms. The van der Waals surface area contributed by atoms with E-state index in [1.165, 1.54) is 19.2 Å². The van der Waals surface area contributed by atoms with Crippen LogP contribution in [-0.2, 0) is 10.0 Å². The molecule has 1 rings (SSSR count). The predicted molar refractivity (Wildman–Crippen MR) is 83.2 cm³/mol. The Morgan fingerprint density at radius 1 is 1.14 bits per heavy atom. The molecular formula is C12H20N4O4S. The quantitative estimate of drug-likeness (QED) is 0.468. The van der Waals surface area contributed by atoms with Crippen LogP contribution in [0.2, 0.25) is 0 Å². The van der Waals surface area contributed by atoms with E-state index in [0.717, 1.165) is 6.42 Å². The SMILES string of the molecule is CCCNc1cc(NCCS(=O)(=O)NC)cc([N+](=O)[O-])c1. The Bertz CT molecular complexity index is 589. The second-order valence-electron chi connectivity index (χ2n) is 4.40. The van der Waals surface area contributed by atoms with E-state index in [1.54, 1.807) is 6.07 Å². The molecule has 0 fully saturated rings. The van der Waals surface area contributed by atoms with Crippen LogP contribution in [0.25, 0.3) is 0 Å². The first-order chi connectivity index (χ1) is 9.88. The highest BCUT2D eigenvalue weighted by atomic mass is 32.2. The highest BCUT2D eigenvalue weighted by Crippen LogP contribution is 2.24. The van der Waals surface area contributed by atoms with Crippen molar-refractivity contribution in [1.29, 1.82) is 0 Å². The van der Waals surface area contributed by atoms with Gasteiger partial charge in [0.2, 0.25) is 10.0 Å². The third kappa shape index (κ3) is 5.96. The van der Waals surface area contributed by atoms with E-state index in [-0.39, 0.29) is 18.0 Å². The van der Waals surface area contributed by atoms with E-state index in [1.807, 2.05) is 6.92 Å². The van der Waals surface area contributed by atoms with Crippen LogP contribution in [0.4, 0.5) is 17.1 Å². The molecule has 3 N–H and O–H groups in total. The van der Waals surface area contributed by atoms with Gasteiger partial charge in [-0.05, 0) is 19.5 Å². The normalized spacial score (nSPS) is 11.1. The first-order valence-corrected chi connectivity index (χ1v) is 8.21. The molecule has 1 aromatic carbocycles. The summed E-state index contributed by atoms with van der Waals surface area (Å²) in [5, 5.41) is 16.9. The number of nitrogens with one attached hydrogen (secondary N) is 3. The summed E-state index contributed by atoms with van der Waals surface area (Å²) in [6.07, 6.45) is 0.895. The fraction of sp³-hybridized carbons (Fsp3) is 0.500. The summed E-state index contributed by atoms with van der Waals surface area (Å²) in [6, 6.07) is 4.54. The Balaban J connectivity index is 2.80. The van der Waals surface area contributed by atoms with Crippen LogP contribution in [0, 0.1) is 10.1 Å². The number of nitro groups is 1. The molecule has 1 aromatic rings. The molecule has 0 aliphatic heterocycles. The van der Waals surface area contributed by atoms with Gasteiger partial charge in [0.15, 0.2) is 0 Å². The maximum absolute atomic E-state index is 11.3. The second-order valence-corrected chi connectivity index (χ2v) is 6.45. The van der Waals surface area contributed by atoms with Gasteiger partial charge in [0.25, 0.3) is 5.69 Å². The molecule has 0 amide bonds. The molecule has 0 unspecified atom stereocenters. The van der Waals surface area contributed by atoms with Crippen molar-refractivity contribution in [3.63, 3.8) is 0 Å². The Morgan fingerprint density at radius 2 is 1.71 bits per heavy atom. The lowest BCUT2D eigenvalue weighted by Crippen LogP contribution is -2.26. The van der Waals surface area contributed by atoms with Gasteiger partial charge >= 0.3 is 0 Å². The van der Waals surface area contributed by atoms with Crippen LogP contribution >= 0.6 is 0 Å². The van der Waals surface area contributed by atoms with Crippen LogP contribution in [-0.4, -0.2) is 39.2 Å². The van der Waals surface area contributed by atoms with Crippen LogP contribution in [0.1, 0.15) is 13.3 Å². The van der Waals surface area contributed by atoms with Crippen molar-refractivity contribution in [2.75, 3.05) is 36.5 Å². The zero-order chi connectivity index (χ0) is 15.9. The largest absolute Gasteiger partial charge is 0.385 e. The number of anilines is 2. The summed E-state index contributed by atoms with van der Waals surface area (Å²) in [6.45, 7) is 2.86. The molecule has 0 atom stereocenters. The van der Waals surface area contributed by atoms with Crippen molar-refractivity contribution in [2.24, 2.45) is 0 Å². The Hall–Kier alpha value is -1.87. The summed E-state index contributed by atoms with van der Waals surface area (Å²) >= 11 is 0. The van der Waals surface area contributed by atoms with Gasteiger partial charge in [-0.2, -0.15) is 0 Å². The van der Waals surface area contributed by atoms with E-state index >= 15 is 0 Å². The lowest BCUT2D eigenvalue weighted by Gasteiger charge is -2.10. The van der Waals surface area contributed by atoms with E-state index in [0.29, 0.717) is 17.9 Å². The number of hydrogen-bond donors (Lipinski definition) is 3. The number of benzene rings is 1. The Morgan fingerprint density at radius 3 is 2.19 bits per heavy atom. The Labute approximate surface area is 124 Å². The summed E-state index contributed by atoms with van der Waals surface area (Å²) in [5.41, 5.74) is 1.09. The molecular weight excluding hydrogens is 296 g/mol. The molecule has 0 spiro atoms. The molecule has 118 valence electrons. The maximum atomic E-state index is 11.3. The second kappa shape index (κ2) is 7.79. The molecule has 21 heavy (non-hydrogen) atoms. The van der Waals surface area contributed by atoms with Gasteiger partial charge < -0.3 is 10.6 Å². The minimum atomic E-state index is -3.30. The lowest BCUT2D eigenvalue weighted by molar-refractivity contribution is -0.384. The fourth-order valence-corrected chi connectivity index (χ4v) is 2.20. The summed E-state index contributed by atoms with van der Waals surface area (Å²) in [7, 11) is -1.96. The summed E-state index contributed by atoms with van der Waals surface area (Å²) < 4.78 is 24.8. The first kappa shape index (κ1) is 17.2. The topological polar surface area (TPSA) is 113 Å². The van der Waals surface area contributed by atoms with Crippen molar-refractivity contribution in [3.8, 4) is 0 Å². The van der Waals surface area contributed by atoms with Crippen LogP contribution < -0.4 is 15.4 Å². The van der Waals surface area contributed by atoms with E-state index in [2.05, 4.69) is 15.4 Å². The van der Waals surface area contributed by atoms with E-state index in [9.17, 15) is 18.5 Å². The van der Waals surface area contributed by atoms with Gasteiger partial charge in [0, 0.05) is 36.6 Å². The van der Waals surface area contributed by atoms with Crippen LogP contribution in [0.15, 0.2) is 18.2 Å². The predicted octanol–water partition coefficient (Wildman–Crippen LogP) is 1.38. The highest BCUT2D eigenvalue weighted by molar-refractivity contribution is 7.89. The first-order valence-electron chi connectivity index (χ1n) is 6.56. The average molecular weight is 316 g/mol. The number of sulfonamides is 1. The van der Waals surface area contributed by atoms with E-state index in [4.69, 9.17) is 0 Å². The molecule has 0 heterocycles. The molecule has 0 aliphatic rings. The number of rotatable bonds is 9. The smallest absolute Gasteiger partial charge is 0.273 e. The van der Waals surface area contributed by atoms with Gasteiger partial charge in [-0.3, -0.25) is 10.1 Å². The monoisotopic (exact) mass is 316 g/mol. The van der Waals surface area contributed by atoms with Crippen molar-refractivity contribution < 1.29 is 13.3 Å². The molecule has 0 aliphatic carbocycles. The molecule has 0 saturated carbocycles. The highest BCUT2D eigenvalue weighted by Gasteiger charge is 2.11. The molecule has 0 aromatic heterocycles. The van der Waals surface area contributed by atoms with Crippen LogP contribution in [0.3, 0.4) is 0 Å². The molecule has 0 bridgehead atoms. The average Bonchev–Trinajstić information content (AvgIpc) is 2.44. The van der Waals surface area contributed by atoms with Crippen molar-refractivity contribution in [2.45, 2.75) is 13.3 Å².